The van der Waals surface area contributed by atoms with Crippen LogP contribution < -0.4 is 0 Å². The molecule has 0 bridgehead atoms. The van der Waals surface area contributed by atoms with Crippen LogP contribution in [0.2, 0.25) is 0 Å². The minimum absolute atomic E-state index is 0.0684. The molecule has 1 aromatic rings. The van der Waals surface area contributed by atoms with Gasteiger partial charge in [-0.25, -0.2) is 0 Å². The lowest BCUT2D eigenvalue weighted by molar-refractivity contribution is -0.115. The minimum Gasteiger partial charge on any atom is -0.501 e. The normalized spacial score (nSPS) is 25.2. The van der Waals surface area contributed by atoms with E-state index in [0.717, 1.165) is 11.3 Å². The molecule has 1 aliphatic carbocycles. The molecule has 0 spiro atoms. The van der Waals surface area contributed by atoms with Crippen LogP contribution in [0.3, 0.4) is 0 Å². The van der Waals surface area contributed by atoms with Gasteiger partial charge in [-0.2, -0.15) is 0 Å². The number of hydrogen-bond acceptors (Lipinski definition) is 2. The van der Waals surface area contributed by atoms with E-state index in [9.17, 15) is 4.79 Å². The highest BCUT2D eigenvalue weighted by Crippen LogP contribution is 2.36. The summed E-state index contributed by atoms with van der Waals surface area (Å²) in [5.74, 6) is 1.01. The van der Waals surface area contributed by atoms with Gasteiger partial charge in [0.1, 0.15) is 5.76 Å². The summed E-state index contributed by atoms with van der Waals surface area (Å²) < 4.78 is 5.19. The third-order valence-electron chi connectivity index (χ3n) is 2.93. The van der Waals surface area contributed by atoms with Crippen LogP contribution in [0.25, 0.3) is 0 Å². The van der Waals surface area contributed by atoms with Crippen LogP contribution in [-0.4, -0.2) is 12.9 Å². The van der Waals surface area contributed by atoms with E-state index >= 15 is 0 Å². The molecule has 0 fully saturated rings. The molecule has 0 unspecified atom stereocenters. The lowest BCUT2D eigenvalue weighted by Gasteiger charge is -2.16. The van der Waals surface area contributed by atoms with E-state index in [4.69, 9.17) is 4.74 Å². The number of carbonyl (C=O) groups is 1. The van der Waals surface area contributed by atoms with Crippen molar-refractivity contribution in [1.82, 2.24) is 0 Å². The predicted octanol–water partition coefficient (Wildman–Crippen LogP) is 2.52. The van der Waals surface area contributed by atoms with Crippen molar-refractivity contribution in [1.29, 1.82) is 0 Å². The fourth-order valence-corrected chi connectivity index (χ4v) is 2.13. The van der Waals surface area contributed by atoms with Crippen LogP contribution in [0.5, 0.6) is 0 Å². The number of allylic oxidation sites excluding steroid dienone is 2. The number of carbonyl (C=O) groups excluding carboxylic acids is 1. The van der Waals surface area contributed by atoms with Gasteiger partial charge in [-0.05, 0) is 5.56 Å². The van der Waals surface area contributed by atoms with Crippen LogP contribution >= 0.6 is 0 Å². The van der Waals surface area contributed by atoms with Crippen molar-refractivity contribution in [3.8, 4) is 0 Å². The van der Waals surface area contributed by atoms with Crippen LogP contribution in [0.15, 0.2) is 42.2 Å². The van der Waals surface area contributed by atoms with Crippen molar-refractivity contribution in [2.75, 3.05) is 7.11 Å². The zero-order valence-electron chi connectivity index (χ0n) is 8.94. The molecule has 0 heterocycles. The van der Waals surface area contributed by atoms with Gasteiger partial charge in [-0.15, -0.1) is 0 Å². The largest absolute Gasteiger partial charge is 0.501 e. The molecular weight excluding hydrogens is 188 g/mol. The Hall–Kier alpha value is -1.57. The molecule has 1 aliphatic rings. The number of ether oxygens (including phenoxy) is 1. The topological polar surface area (TPSA) is 26.3 Å². The Morgan fingerprint density at radius 1 is 1.20 bits per heavy atom. The number of rotatable bonds is 2. The van der Waals surface area contributed by atoms with Gasteiger partial charge < -0.3 is 4.74 Å². The fraction of sp³-hybridized carbons (Fsp3) is 0.308. The summed E-state index contributed by atoms with van der Waals surface area (Å²) in [6, 6.07) is 9.86. The van der Waals surface area contributed by atoms with Crippen molar-refractivity contribution in [2.24, 2.45) is 5.92 Å². The van der Waals surface area contributed by atoms with E-state index in [-0.39, 0.29) is 17.6 Å². The van der Waals surface area contributed by atoms with Crippen LogP contribution in [-0.2, 0) is 9.53 Å². The van der Waals surface area contributed by atoms with Gasteiger partial charge >= 0.3 is 0 Å². The lowest BCUT2D eigenvalue weighted by Crippen LogP contribution is -2.12. The van der Waals surface area contributed by atoms with Crippen molar-refractivity contribution in [3.63, 3.8) is 0 Å². The average Bonchev–Trinajstić information content (AvgIpc) is 2.55. The zero-order valence-corrected chi connectivity index (χ0v) is 8.94. The van der Waals surface area contributed by atoms with Crippen LogP contribution in [0, 0.1) is 5.92 Å². The molecule has 0 aromatic heterocycles. The second-order valence-corrected chi connectivity index (χ2v) is 3.83. The SMILES string of the molecule is COC1=CC(=O)[C@@H](c2ccccc2)[C@@H]1C. The fourth-order valence-electron chi connectivity index (χ4n) is 2.13. The molecule has 1 aromatic carbocycles. The molecule has 0 radical (unpaired) electrons. The standard InChI is InChI=1S/C13H14O2/c1-9-12(15-2)8-11(14)13(9)10-6-4-3-5-7-10/h3-9,13H,1-2H3/t9-,13-/m1/s1. The monoisotopic (exact) mass is 202 g/mol. The van der Waals surface area contributed by atoms with Gasteiger partial charge in [0, 0.05) is 12.0 Å². The molecular formula is C13H14O2. The third-order valence-corrected chi connectivity index (χ3v) is 2.93. The van der Waals surface area contributed by atoms with Crippen molar-refractivity contribution >= 4 is 5.78 Å². The third kappa shape index (κ3) is 1.67. The maximum absolute atomic E-state index is 11.8. The number of hydrogen-bond donors (Lipinski definition) is 0. The maximum Gasteiger partial charge on any atom is 0.167 e. The first-order chi connectivity index (χ1) is 7.24. The highest BCUT2D eigenvalue weighted by Gasteiger charge is 2.34. The smallest absolute Gasteiger partial charge is 0.167 e. The first-order valence-electron chi connectivity index (χ1n) is 5.08. The quantitative estimate of drug-likeness (QED) is 0.736. The Labute approximate surface area is 89.6 Å². The second-order valence-electron chi connectivity index (χ2n) is 3.83. The van der Waals surface area contributed by atoms with Gasteiger partial charge in [0.25, 0.3) is 0 Å². The molecule has 0 aliphatic heterocycles. The molecule has 78 valence electrons. The summed E-state index contributed by atoms with van der Waals surface area (Å²) in [5, 5.41) is 0. The zero-order chi connectivity index (χ0) is 10.8. The minimum atomic E-state index is -0.0684. The molecule has 0 amide bonds. The molecule has 15 heavy (non-hydrogen) atoms. The summed E-state index contributed by atoms with van der Waals surface area (Å²) in [4.78, 5) is 11.8. The molecule has 0 N–H and O–H groups in total. The summed E-state index contributed by atoms with van der Waals surface area (Å²) in [6.07, 6.45) is 1.61. The Bertz CT molecular complexity index is 392. The molecule has 2 atom stereocenters. The number of benzene rings is 1. The molecule has 2 heteroatoms. The van der Waals surface area contributed by atoms with Crippen molar-refractivity contribution < 1.29 is 9.53 Å². The Morgan fingerprint density at radius 2 is 1.87 bits per heavy atom. The lowest BCUT2D eigenvalue weighted by atomic mass is 9.88. The Kier molecular flexibility index (Phi) is 2.58. The Balaban J connectivity index is 2.31. The van der Waals surface area contributed by atoms with Gasteiger partial charge in [0.2, 0.25) is 0 Å². The van der Waals surface area contributed by atoms with Crippen LogP contribution in [0.4, 0.5) is 0 Å². The maximum atomic E-state index is 11.8. The van der Waals surface area contributed by atoms with Gasteiger partial charge in [-0.1, -0.05) is 37.3 Å². The number of ketones is 1. The summed E-state index contributed by atoms with van der Waals surface area (Å²) >= 11 is 0. The van der Waals surface area contributed by atoms with Gasteiger partial charge in [-0.3, -0.25) is 4.79 Å². The first kappa shape index (κ1) is 9.97. The summed E-state index contributed by atoms with van der Waals surface area (Å²) in [5.41, 5.74) is 1.07. The number of methoxy groups -OCH3 is 1. The highest BCUT2D eigenvalue weighted by molar-refractivity contribution is 5.98. The van der Waals surface area contributed by atoms with E-state index < -0.39 is 0 Å². The molecule has 0 saturated carbocycles. The van der Waals surface area contributed by atoms with Crippen molar-refractivity contribution in [2.45, 2.75) is 12.8 Å². The van der Waals surface area contributed by atoms with E-state index in [1.165, 1.54) is 0 Å². The Morgan fingerprint density at radius 3 is 2.40 bits per heavy atom. The highest BCUT2D eigenvalue weighted by atomic mass is 16.5. The summed E-state index contributed by atoms with van der Waals surface area (Å²) in [7, 11) is 1.61. The second kappa shape index (κ2) is 3.89. The van der Waals surface area contributed by atoms with Crippen LogP contribution in [0.1, 0.15) is 18.4 Å². The van der Waals surface area contributed by atoms with E-state index in [0.29, 0.717) is 0 Å². The summed E-state index contributed by atoms with van der Waals surface area (Å²) in [6.45, 7) is 2.03. The van der Waals surface area contributed by atoms with E-state index in [2.05, 4.69) is 0 Å². The van der Waals surface area contributed by atoms with Crippen molar-refractivity contribution in [3.05, 3.63) is 47.7 Å². The van der Waals surface area contributed by atoms with Gasteiger partial charge in [0.15, 0.2) is 5.78 Å². The molecule has 2 rings (SSSR count). The molecule has 0 saturated heterocycles. The first-order valence-corrected chi connectivity index (χ1v) is 5.08. The average molecular weight is 202 g/mol. The predicted molar refractivity (Wildman–Crippen MR) is 58.4 cm³/mol. The van der Waals surface area contributed by atoms with E-state index in [1.54, 1.807) is 13.2 Å². The van der Waals surface area contributed by atoms with Gasteiger partial charge in [0.05, 0.1) is 13.0 Å². The van der Waals surface area contributed by atoms with E-state index in [1.807, 2.05) is 37.3 Å². The molecule has 2 nitrogen and oxygen atoms in total.